The molecule has 1 N–H and O–H groups in total. The average molecular weight is 379 g/mol. The Bertz CT molecular complexity index is 813. The van der Waals surface area contributed by atoms with E-state index < -0.39 is 29.3 Å². The Balaban J connectivity index is 1.67. The molecule has 2 rings (SSSR count). The second kappa shape index (κ2) is 9.38. The van der Waals surface area contributed by atoms with Gasteiger partial charge in [-0.3, -0.25) is 14.9 Å². The van der Waals surface area contributed by atoms with Crippen molar-refractivity contribution in [3.05, 3.63) is 68.9 Å². The lowest BCUT2D eigenvalue weighted by Gasteiger charge is -2.05. The Morgan fingerprint density at radius 3 is 2.62 bits per heavy atom. The van der Waals surface area contributed by atoms with Crippen LogP contribution in [0.3, 0.4) is 0 Å². The molecule has 0 atom stereocenters. The first kappa shape index (κ1) is 19.2. The van der Waals surface area contributed by atoms with E-state index in [0.29, 0.717) is 18.0 Å². The molecule has 1 aromatic carbocycles. The van der Waals surface area contributed by atoms with Crippen LogP contribution >= 0.6 is 11.6 Å². The van der Waals surface area contributed by atoms with Gasteiger partial charge in [0.15, 0.2) is 6.61 Å². The maximum absolute atomic E-state index is 11.6. The molecule has 9 heteroatoms. The van der Waals surface area contributed by atoms with Crippen LogP contribution in [0.25, 0.3) is 6.08 Å². The molecule has 1 amide bonds. The van der Waals surface area contributed by atoms with E-state index in [1.54, 1.807) is 12.1 Å². The lowest BCUT2D eigenvalue weighted by atomic mass is 10.1. The second-order valence-electron chi connectivity index (χ2n) is 5.10. The van der Waals surface area contributed by atoms with Gasteiger partial charge in [0, 0.05) is 17.6 Å². The molecule has 0 unspecified atom stereocenters. The normalized spacial score (nSPS) is 10.7. The number of benzene rings is 1. The van der Waals surface area contributed by atoms with Gasteiger partial charge in [0.1, 0.15) is 10.7 Å². The molecule has 0 radical (unpaired) electrons. The summed E-state index contributed by atoms with van der Waals surface area (Å²) < 4.78 is 9.61. The topological polar surface area (TPSA) is 112 Å². The number of halogens is 1. The minimum absolute atomic E-state index is 0.126. The molecule has 26 heavy (non-hydrogen) atoms. The Morgan fingerprint density at radius 1 is 1.23 bits per heavy atom. The van der Waals surface area contributed by atoms with Crippen LogP contribution in [0.2, 0.25) is 5.02 Å². The molecule has 8 nitrogen and oxygen atoms in total. The SMILES string of the molecule is O=C(COC(=O)/C=C/c1ccc([N+](=O)[O-])o1)NCCc1ccc(Cl)cc1. The summed E-state index contributed by atoms with van der Waals surface area (Å²) in [6.07, 6.45) is 2.85. The summed E-state index contributed by atoms with van der Waals surface area (Å²) in [5.41, 5.74) is 1.02. The Labute approximate surface area is 153 Å². The van der Waals surface area contributed by atoms with Crippen molar-refractivity contribution in [3.8, 4) is 0 Å². The molecule has 1 aromatic heterocycles. The van der Waals surface area contributed by atoms with E-state index in [1.807, 2.05) is 12.1 Å². The van der Waals surface area contributed by atoms with E-state index in [2.05, 4.69) is 5.32 Å². The largest absolute Gasteiger partial charge is 0.452 e. The highest BCUT2D eigenvalue weighted by Gasteiger charge is 2.10. The Morgan fingerprint density at radius 2 is 1.96 bits per heavy atom. The van der Waals surface area contributed by atoms with Gasteiger partial charge in [-0.15, -0.1) is 0 Å². The third-order valence-electron chi connectivity index (χ3n) is 3.17. The molecule has 0 aliphatic rings. The van der Waals surface area contributed by atoms with Gasteiger partial charge in [-0.05, 0) is 36.3 Å². The van der Waals surface area contributed by atoms with Gasteiger partial charge in [-0.1, -0.05) is 23.7 Å². The zero-order chi connectivity index (χ0) is 18.9. The first-order chi connectivity index (χ1) is 12.4. The average Bonchev–Trinajstić information content (AvgIpc) is 3.09. The number of hydrogen-bond donors (Lipinski definition) is 1. The number of carbonyl (C=O) groups excluding carboxylic acids is 2. The summed E-state index contributed by atoms with van der Waals surface area (Å²) in [7, 11) is 0. The van der Waals surface area contributed by atoms with Crippen LogP contribution in [0.1, 0.15) is 11.3 Å². The summed E-state index contributed by atoms with van der Waals surface area (Å²) in [5.74, 6) is -1.51. The Kier molecular flexibility index (Phi) is 6.92. The maximum Gasteiger partial charge on any atom is 0.433 e. The van der Waals surface area contributed by atoms with E-state index in [0.717, 1.165) is 11.6 Å². The molecular formula is C17H15ClN2O6. The number of ether oxygens (including phenoxy) is 1. The van der Waals surface area contributed by atoms with E-state index in [4.69, 9.17) is 20.8 Å². The number of furan rings is 1. The predicted octanol–water partition coefficient (Wildman–Crippen LogP) is 2.76. The molecule has 0 aliphatic heterocycles. The molecule has 0 spiro atoms. The lowest BCUT2D eigenvalue weighted by Crippen LogP contribution is -2.30. The van der Waals surface area contributed by atoms with Crippen molar-refractivity contribution in [3.63, 3.8) is 0 Å². The van der Waals surface area contributed by atoms with E-state index in [-0.39, 0.29) is 5.76 Å². The van der Waals surface area contributed by atoms with Gasteiger partial charge in [0.05, 0.1) is 6.07 Å². The van der Waals surface area contributed by atoms with E-state index >= 15 is 0 Å². The van der Waals surface area contributed by atoms with Gasteiger partial charge in [-0.2, -0.15) is 0 Å². The molecule has 0 saturated heterocycles. The summed E-state index contributed by atoms with van der Waals surface area (Å²) in [6, 6.07) is 9.75. The van der Waals surface area contributed by atoms with Gasteiger partial charge in [0.2, 0.25) is 0 Å². The molecule has 0 aliphatic carbocycles. The molecule has 136 valence electrons. The van der Waals surface area contributed by atoms with E-state index in [9.17, 15) is 19.7 Å². The first-order valence-electron chi connectivity index (χ1n) is 7.54. The number of esters is 1. The van der Waals surface area contributed by atoms with Crippen LogP contribution in [0, 0.1) is 10.1 Å². The van der Waals surface area contributed by atoms with Crippen molar-refractivity contribution >= 4 is 35.4 Å². The van der Waals surface area contributed by atoms with Crippen molar-refractivity contribution in [2.75, 3.05) is 13.2 Å². The number of amides is 1. The van der Waals surface area contributed by atoms with Crippen molar-refractivity contribution in [2.24, 2.45) is 0 Å². The molecule has 0 saturated carbocycles. The summed E-state index contributed by atoms with van der Waals surface area (Å²) in [6.45, 7) is -0.0357. The van der Waals surface area contributed by atoms with Crippen molar-refractivity contribution in [1.82, 2.24) is 5.32 Å². The van der Waals surface area contributed by atoms with Gasteiger partial charge < -0.3 is 14.5 Å². The van der Waals surface area contributed by atoms with Crippen LogP contribution in [0.5, 0.6) is 0 Å². The second-order valence-corrected chi connectivity index (χ2v) is 5.54. The predicted molar refractivity (Wildman–Crippen MR) is 93.5 cm³/mol. The quantitative estimate of drug-likeness (QED) is 0.327. The van der Waals surface area contributed by atoms with Gasteiger partial charge >= 0.3 is 11.9 Å². The standard InChI is InChI=1S/C17H15ClN2O6/c18-13-3-1-12(2-4-13)9-10-19-15(21)11-25-17(22)8-6-14-5-7-16(26-14)20(23)24/h1-8H,9-11H2,(H,19,21)/b8-6+. The summed E-state index contributed by atoms with van der Waals surface area (Å²) in [4.78, 5) is 32.9. The zero-order valence-corrected chi connectivity index (χ0v) is 14.3. The van der Waals surface area contributed by atoms with Crippen LogP contribution in [0.4, 0.5) is 5.88 Å². The van der Waals surface area contributed by atoms with E-state index in [1.165, 1.54) is 18.2 Å². The number of nitrogens with zero attached hydrogens (tertiary/aromatic N) is 1. The minimum atomic E-state index is -0.767. The number of nitrogens with one attached hydrogen (secondary N) is 1. The number of carbonyl (C=O) groups is 2. The first-order valence-corrected chi connectivity index (χ1v) is 7.92. The smallest absolute Gasteiger partial charge is 0.433 e. The van der Waals surface area contributed by atoms with Crippen molar-refractivity contribution < 1.29 is 23.7 Å². The van der Waals surface area contributed by atoms with Crippen LogP contribution in [-0.2, 0) is 20.7 Å². The zero-order valence-electron chi connectivity index (χ0n) is 13.5. The molecule has 0 bridgehead atoms. The number of hydrogen-bond acceptors (Lipinski definition) is 6. The van der Waals surface area contributed by atoms with Crippen molar-refractivity contribution in [1.29, 1.82) is 0 Å². The number of rotatable bonds is 8. The van der Waals surface area contributed by atoms with Crippen LogP contribution in [0.15, 0.2) is 46.9 Å². The fourth-order valence-corrected chi connectivity index (χ4v) is 2.04. The Hall–Kier alpha value is -3.13. The van der Waals surface area contributed by atoms with Crippen molar-refractivity contribution in [2.45, 2.75) is 6.42 Å². The highest BCUT2D eigenvalue weighted by Crippen LogP contribution is 2.16. The van der Waals surface area contributed by atoms with Gasteiger partial charge in [-0.25, -0.2) is 4.79 Å². The lowest BCUT2D eigenvalue weighted by molar-refractivity contribution is -0.402. The third-order valence-corrected chi connectivity index (χ3v) is 3.42. The highest BCUT2D eigenvalue weighted by atomic mass is 35.5. The molecule has 2 aromatic rings. The monoisotopic (exact) mass is 378 g/mol. The summed E-state index contributed by atoms with van der Waals surface area (Å²) >= 11 is 5.79. The fraction of sp³-hybridized carbons (Fsp3) is 0.176. The molecular weight excluding hydrogens is 364 g/mol. The van der Waals surface area contributed by atoms with Crippen LogP contribution < -0.4 is 5.32 Å². The summed E-state index contributed by atoms with van der Waals surface area (Å²) in [5, 5.41) is 13.7. The fourth-order valence-electron chi connectivity index (χ4n) is 1.91. The minimum Gasteiger partial charge on any atom is -0.452 e. The molecule has 0 fully saturated rings. The molecule has 1 heterocycles. The maximum atomic E-state index is 11.6. The number of nitro groups is 1. The van der Waals surface area contributed by atoms with Gasteiger partial charge in [0.25, 0.3) is 5.91 Å². The highest BCUT2D eigenvalue weighted by molar-refractivity contribution is 6.30. The third kappa shape index (κ3) is 6.40. The van der Waals surface area contributed by atoms with Crippen LogP contribution in [-0.4, -0.2) is 30.0 Å².